The molecule has 2 fully saturated rings. The molecule has 1 aromatic heterocycles. The minimum Gasteiger partial charge on any atom is -0.351 e. The molecular weight excluding hydrogens is 310 g/mol. The van der Waals surface area contributed by atoms with Gasteiger partial charge in [-0.3, -0.25) is 9.59 Å². The van der Waals surface area contributed by atoms with Gasteiger partial charge < -0.3 is 15.1 Å². The molecular formula is C17H25N3O2S. The lowest BCUT2D eigenvalue weighted by Crippen LogP contribution is -2.46. The zero-order valence-electron chi connectivity index (χ0n) is 13.9. The molecule has 0 aliphatic carbocycles. The average molecular weight is 335 g/mol. The van der Waals surface area contributed by atoms with Gasteiger partial charge in [0, 0.05) is 30.4 Å². The number of nitrogens with one attached hydrogen (secondary N) is 1. The topological polar surface area (TPSA) is 52.7 Å². The van der Waals surface area contributed by atoms with Crippen LogP contribution in [0.4, 0.5) is 0 Å². The lowest BCUT2D eigenvalue weighted by atomic mass is 10.0. The maximum atomic E-state index is 12.9. The third-order valence-electron chi connectivity index (χ3n) is 4.97. The third-order valence-corrected chi connectivity index (χ3v) is 6.04. The van der Waals surface area contributed by atoms with Crippen molar-refractivity contribution in [2.75, 3.05) is 20.1 Å². The van der Waals surface area contributed by atoms with Crippen LogP contribution in [-0.2, 0) is 11.3 Å². The predicted octanol–water partition coefficient (Wildman–Crippen LogP) is 2.08. The van der Waals surface area contributed by atoms with Crippen LogP contribution in [0.15, 0.2) is 12.1 Å². The SMILES string of the molecule is CC(=O)NCc1ccc(C(=O)N2CCC[C@@H]2[C@@H]2CCCN2C)s1. The molecule has 2 amide bonds. The van der Waals surface area contributed by atoms with E-state index in [-0.39, 0.29) is 11.8 Å². The normalized spacial score (nSPS) is 25.0. The zero-order valence-corrected chi connectivity index (χ0v) is 14.7. The fourth-order valence-corrected chi connectivity index (χ4v) is 4.71. The second-order valence-corrected chi connectivity index (χ2v) is 7.74. The van der Waals surface area contributed by atoms with Crippen LogP contribution < -0.4 is 5.32 Å². The van der Waals surface area contributed by atoms with Gasteiger partial charge in [-0.25, -0.2) is 0 Å². The van der Waals surface area contributed by atoms with Crippen LogP contribution in [0, 0.1) is 0 Å². The molecule has 126 valence electrons. The van der Waals surface area contributed by atoms with E-state index in [0.29, 0.717) is 18.6 Å². The number of carbonyl (C=O) groups excluding carboxylic acids is 2. The van der Waals surface area contributed by atoms with Crippen molar-refractivity contribution in [1.29, 1.82) is 0 Å². The Morgan fingerprint density at radius 3 is 2.65 bits per heavy atom. The molecule has 3 rings (SSSR count). The Morgan fingerprint density at radius 1 is 1.22 bits per heavy atom. The lowest BCUT2D eigenvalue weighted by Gasteiger charge is -2.33. The largest absolute Gasteiger partial charge is 0.351 e. The molecule has 6 heteroatoms. The summed E-state index contributed by atoms with van der Waals surface area (Å²) in [4.78, 5) is 30.2. The number of likely N-dealkylation sites (tertiary alicyclic amines) is 2. The van der Waals surface area contributed by atoms with E-state index in [1.807, 2.05) is 12.1 Å². The fourth-order valence-electron chi connectivity index (χ4n) is 3.81. The van der Waals surface area contributed by atoms with Gasteiger partial charge in [-0.05, 0) is 51.4 Å². The highest BCUT2D eigenvalue weighted by atomic mass is 32.1. The fraction of sp³-hybridized carbons (Fsp3) is 0.647. The molecule has 0 aromatic carbocycles. The average Bonchev–Trinajstić information content (AvgIpc) is 3.24. The maximum Gasteiger partial charge on any atom is 0.264 e. The molecule has 1 aromatic rings. The summed E-state index contributed by atoms with van der Waals surface area (Å²) in [5.41, 5.74) is 0. The third kappa shape index (κ3) is 3.58. The molecule has 2 aliphatic heterocycles. The minimum atomic E-state index is -0.0462. The summed E-state index contributed by atoms with van der Waals surface area (Å²) in [6, 6.07) is 4.72. The van der Waals surface area contributed by atoms with E-state index < -0.39 is 0 Å². The molecule has 0 saturated carbocycles. The Kier molecular flexibility index (Phi) is 5.02. The summed E-state index contributed by atoms with van der Waals surface area (Å²) in [7, 11) is 2.18. The highest BCUT2D eigenvalue weighted by molar-refractivity contribution is 7.14. The summed E-state index contributed by atoms with van der Waals surface area (Å²) < 4.78 is 0. The quantitative estimate of drug-likeness (QED) is 0.917. The van der Waals surface area contributed by atoms with Crippen LogP contribution >= 0.6 is 11.3 Å². The molecule has 3 heterocycles. The smallest absolute Gasteiger partial charge is 0.264 e. The van der Waals surface area contributed by atoms with Gasteiger partial charge in [-0.15, -0.1) is 11.3 Å². The Morgan fingerprint density at radius 2 is 1.96 bits per heavy atom. The van der Waals surface area contributed by atoms with Gasteiger partial charge in [0.25, 0.3) is 5.91 Å². The second-order valence-electron chi connectivity index (χ2n) is 6.57. The molecule has 0 radical (unpaired) electrons. The first kappa shape index (κ1) is 16.5. The Bertz CT molecular complexity index is 586. The molecule has 1 N–H and O–H groups in total. The van der Waals surface area contributed by atoms with Crippen molar-refractivity contribution in [1.82, 2.24) is 15.1 Å². The number of rotatable bonds is 4. The van der Waals surface area contributed by atoms with E-state index in [2.05, 4.69) is 22.2 Å². The van der Waals surface area contributed by atoms with Crippen molar-refractivity contribution in [2.24, 2.45) is 0 Å². The first-order valence-electron chi connectivity index (χ1n) is 8.40. The number of hydrogen-bond donors (Lipinski definition) is 1. The summed E-state index contributed by atoms with van der Waals surface area (Å²) in [6.45, 7) is 4.02. The van der Waals surface area contributed by atoms with Crippen molar-refractivity contribution in [2.45, 2.75) is 51.2 Å². The maximum absolute atomic E-state index is 12.9. The molecule has 5 nitrogen and oxygen atoms in total. The summed E-state index contributed by atoms with van der Waals surface area (Å²) in [6.07, 6.45) is 4.65. The molecule has 0 unspecified atom stereocenters. The molecule has 23 heavy (non-hydrogen) atoms. The molecule has 0 spiro atoms. The number of nitrogens with zero attached hydrogens (tertiary/aromatic N) is 2. The predicted molar refractivity (Wildman–Crippen MR) is 91.6 cm³/mol. The van der Waals surface area contributed by atoms with Gasteiger partial charge in [0.1, 0.15) is 0 Å². The standard InChI is InChI=1S/C17H25N3O2S/c1-12(21)18-11-13-7-8-16(23-13)17(22)20-10-4-6-15(20)14-5-3-9-19(14)2/h7-8,14-15H,3-6,9-11H2,1-2H3,(H,18,21)/t14-,15+/m0/s1. The van der Waals surface area contributed by atoms with Crippen molar-refractivity contribution < 1.29 is 9.59 Å². The number of thiophene rings is 1. The van der Waals surface area contributed by atoms with Gasteiger partial charge in [-0.1, -0.05) is 0 Å². The van der Waals surface area contributed by atoms with Crippen molar-refractivity contribution >= 4 is 23.2 Å². The number of amides is 2. The zero-order chi connectivity index (χ0) is 16.4. The first-order chi connectivity index (χ1) is 11.1. The van der Waals surface area contributed by atoms with Crippen molar-refractivity contribution in [3.63, 3.8) is 0 Å². The summed E-state index contributed by atoms with van der Waals surface area (Å²) >= 11 is 1.50. The summed E-state index contributed by atoms with van der Waals surface area (Å²) in [5.74, 6) is 0.113. The van der Waals surface area contributed by atoms with Gasteiger partial charge >= 0.3 is 0 Å². The van der Waals surface area contributed by atoms with Crippen molar-refractivity contribution in [3.8, 4) is 0 Å². The number of hydrogen-bond acceptors (Lipinski definition) is 4. The van der Waals surface area contributed by atoms with Gasteiger partial charge in [-0.2, -0.15) is 0 Å². The van der Waals surface area contributed by atoms with E-state index in [1.165, 1.54) is 31.1 Å². The highest BCUT2D eigenvalue weighted by Gasteiger charge is 2.38. The van der Waals surface area contributed by atoms with Crippen LogP contribution in [-0.4, -0.2) is 53.8 Å². The van der Waals surface area contributed by atoms with Crippen LogP contribution in [0.5, 0.6) is 0 Å². The minimum absolute atomic E-state index is 0.0462. The van der Waals surface area contributed by atoms with Gasteiger partial charge in [0.2, 0.25) is 5.91 Å². The van der Waals surface area contributed by atoms with E-state index in [0.717, 1.165) is 35.7 Å². The Hall–Kier alpha value is -1.40. The Labute approximate surface area is 141 Å². The van der Waals surface area contributed by atoms with Crippen LogP contribution in [0.2, 0.25) is 0 Å². The van der Waals surface area contributed by atoms with E-state index in [9.17, 15) is 9.59 Å². The van der Waals surface area contributed by atoms with E-state index >= 15 is 0 Å². The number of likely N-dealkylation sites (N-methyl/N-ethyl adjacent to an activating group) is 1. The Balaban J connectivity index is 1.68. The molecule has 2 atom stereocenters. The lowest BCUT2D eigenvalue weighted by molar-refractivity contribution is -0.119. The van der Waals surface area contributed by atoms with Gasteiger partial charge in [0.15, 0.2) is 0 Å². The molecule has 2 aliphatic rings. The van der Waals surface area contributed by atoms with Crippen molar-refractivity contribution in [3.05, 3.63) is 21.9 Å². The van der Waals surface area contributed by atoms with Crippen LogP contribution in [0.3, 0.4) is 0 Å². The monoisotopic (exact) mass is 335 g/mol. The van der Waals surface area contributed by atoms with E-state index in [1.54, 1.807) is 0 Å². The van der Waals surface area contributed by atoms with Gasteiger partial charge in [0.05, 0.1) is 11.4 Å². The van der Waals surface area contributed by atoms with Crippen LogP contribution in [0.1, 0.15) is 47.2 Å². The molecule has 0 bridgehead atoms. The van der Waals surface area contributed by atoms with E-state index in [4.69, 9.17) is 0 Å². The second kappa shape index (κ2) is 7.01. The van der Waals surface area contributed by atoms with Crippen LogP contribution in [0.25, 0.3) is 0 Å². The first-order valence-corrected chi connectivity index (χ1v) is 9.22. The summed E-state index contributed by atoms with van der Waals surface area (Å²) in [5, 5.41) is 2.78. The molecule has 2 saturated heterocycles. The highest BCUT2D eigenvalue weighted by Crippen LogP contribution is 2.31. The number of carbonyl (C=O) groups is 2.